The molecule has 3 aromatic rings. The molecule has 0 unspecified atom stereocenters. The summed E-state index contributed by atoms with van der Waals surface area (Å²) in [6, 6.07) is 13.7. The molecular weight excluding hydrogens is 336 g/mol. The van der Waals surface area contributed by atoms with Gasteiger partial charge in [0.1, 0.15) is 0 Å². The predicted molar refractivity (Wildman–Crippen MR) is 105 cm³/mol. The Kier molecular flexibility index (Phi) is 4.59. The molecule has 1 aliphatic rings. The van der Waals surface area contributed by atoms with Gasteiger partial charge in [-0.05, 0) is 44.5 Å². The minimum Gasteiger partial charge on any atom is -0.346 e. The molecule has 0 radical (unpaired) electrons. The number of nitrogens with zero attached hydrogens (tertiary/aromatic N) is 3. The highest BCUT2D eigenvalue weighted by Crippen LogP contribution is 2.33. The van der Waals surface area contributed by atoms with E-state index in [0.717, 1.165) is 23.5 Å². The summed E-state index contributed by atoms with van der Waals surface area (Å²) in [5.74, 6) is 0.161. The van der Waals surface area contributed by atoms with Crippen LogP contribution in [0.25, 0.3) is 5.69 Å². The number of hydrogen-bond acceptors (Lipinski definition) is 3. The number of para-hydroxylation sites is 1. The number of hydrogen-bond donors (Lipinski definition) is 1. The third kappa shape index (κ3) is 3.40. The number of carbonyl (C=O) groups is 1. The van der Waals surface area contributed by atoms with Gasteiger partial charge in [-0.2, -0.15) is 5.10 Å². The molecule has 1 N–H and O–H groups in total. The first kappa shape index (κ1) is 17.2. The van der Waals surface area contributed by atoms with Gasteiger partial charge in [-0.1, -0.05) is 30.4 Å². The molecule has 5 nitrogen and oxygen atoms in total. The highest BCUT2D eigenvalue weighted by atomic mass is 16.1. The fourth-order valence-corrected chi connectivity index (χ4v) is 3.78. The lowest BCUT2D eigenvalue weighted by molar-refractivity contribution is 0.0943. The summed E-state index contributed by atoms with van der Waals surface area (Å²) in [6.07, 6.45) is 8.36. The number of rotatable bonds is 4. The van der Waals surface area contributed by atoms with Gasteiger partial charge >= 0.3 is 0 Å². The van der Waals surface area contributed by atoms with Crippen molar-refractivity contribution in [2.75, 3.05) is 0 Å². The second-order valence-corrected chi connectivity index (χ2v) is 6.88. The van der Waals surface area contributed by atoms with Gasteiger partial charge in [0.2, 0.25) is 0 Å². The van der Waals surface area contributed by atoms with Gasteiger partial charge in [0.25, 0.3) is 5.91 Å². The first-order chi connectivity index (χ1) is 13.1. The minimum absolute atomic E-state index is 0.0154. The van der Waals surface area contributed by atoms with Crippen molar-refractivity contribution in [3.05, 3.63) is 89.5 Å². The standard InChI is InChI=1S/C22H22N4O/c1-15-21(16(2)26(25-15)20-8-4-3-5-9-20)17-10-11-19(13-17)24-22(27)18-7-6-12-23-14-18/h3-12,14,17,19H,13H2,1-2H3,(H,24,27)/t17-,19+/m0/s1. The number of aryl methyl sites for hydroxylation is 1. The smallest absolute Gasteiger partial charge is 0.253 e. The van der Waals surface area contributed by atoms with Crippen LogP contribution in [0, 0.1) is 13.8 Å². The Hall–Kier alpha value is -3.21. The third-order valence-corrected chi connectivity index (χ3v) is 5.04. The lowest BCUT2D eigenvalue weighted by Crippen LogP contribution is -2.32. The van der Waals surface area contributed by atoms with Crippen LogP contribution in [-0.2, 0) is 0 Å². The van der Waals surface area contributed by atoms with Crippen molar-refractivity contribution < 1.29 is 4.79 Å². The van der Waals surface area contributed by atoms with Gasteiger partial charge in [-0.25, -0.2) is 4.68 Å². The molecule has 0 saturated heterocycles. The SMILES string of the molecule is Cc1nn(-c2ccccc2)c(C)c1[C@H]1C=C[C@@H](NC(=O)c2cccnc2)C1. The van der Waals surface area contributed by atoms with Gasteiger partial charge in [0, 0.05) is 35.6 Å². The lowest BCUT2D eigenvalue weighted by atomic mass is 9.96. The van der Waals surface area contributed by atoms with Crippen molar-refractivity contribution in [3.63, 3.8) is 0 Å². The van der Waals surface area contributed by atoms with E-state index >= 15 is 0 Å². The molecule has 5 heteroatoms. The normalized spacial score (nSPS) is 18.6. The first-order valence-electron chi connectivity index (χ1n) is 9.14. The summed E-state index contributed by atoms with van der Waals surface area (Å²) in [6.45, 7) is 4.16. The Morgan fingerprint density at radius 1 is 1.11 bits per heavy atom. The van der Waals surface area contributed by atoms with E-state index in [9.17, 15) is 4.79 Å². The molecule has 0 saturated carbocycles. The maximum atomic E-state index is 12.4. The Balaban J connectivity index is 1.51. The highest BCUT2D eigenvalue weighted by Gasteiger charge is 2.27. The van der Waals surface area contributed by atoms with Crippen molar-refractivity contribution >= 4 is 5.91 Å². The van der Waals surface area contributed by atoms with E-state index in [4.69, 9.17) is 5.10 Å². The van der Waals surface area contributed by atoms with Gasteiger partial charge in [-0.3, -0.25) is 9.78 Å². The molecule has 27 heavy (non-hydrogen) atoms. The molecule has 1 amide bonds. The van der Waals surface area contributed by atoms with E-state index in [-0.39, 0.29) is 17.9 Å². The van der Waals surface area contributed by atoms with E-state index in [2.05, 4.69) is 48.4 Å². The van der Waals surface area contributed by atoms with Gasteiger partial charge in [0.15, 0.2) is 0 Å². The van der Waals surface area contributed by atoms with Crippen LogP contribution in [0.3, 0.4) is 0 Å². The van der Waals surface area contributed by atoms with Crippen LogP contribution in [0.5, 0.6) is 0 Å². The van der Waals surface area contributed by atoms with Crippen molar-refractivity contribution in [2.45, 2.75) is 32.2 Å². The van der Waals surface area contributed by atoms with E-state index in [1.165, 1.54) is 5.56 Å². The molecule has 2 aromatic heterocycles. The molecule has 1 aliphatic carbocycles. The molecule has 1 aromatic carbocycles. The van der Waals surface area contributed by atoms with Crippen molar-refractivity contribution in [1.29, 1.82) is 0 Å². The summed E-state index contributed by atoms with van der Waals surface area (Å²) < 4.78 is 2.00. The van der Waals surface area contributed by atoms with Crippen LogP contribution in [-0.4, -0.2) is 26.7 Å². The Labute approximate surface area is 158 Å². The highest BCUT2D eigenvalue weighted by molar-refractivity contribution is 5.94. The second-order valence-electron chi connectivity index (χ2n) is 6.88. The number of pyridine rings is 1. The molecular formula is C22H22N4O. The van der Waals surface area contributed by atoms with E-state index < -0.39 is 0 Å². The largest absolute Gasteiger partial charge is 0.346 e. The van der Waals surface area contributed by atoms with Gasteiger partial charge < -0.3 is 5.32 Å². The van der Waals surface area contributed by atoms with E-state index in [1.54, 1.807) is 24.5 Å². The van der Waals surface area contributed by atoms with Gasteiger partial charge in [-0.15, -0.1) is 0 Å². The third-order valence-electron chi connectivity index (χ3n) is 5.04. The number of aromatic nitrogens is 3. The number of allylic oxidation sites excluding steroid dienone is 1. The van der Waals surface area contributed by atoms with Crippen LogP contribution < -0.4 is 5.32 Å². The predicted octanol–water partition coefficient (Wildman–Crippen LogP) is 3.73. The number of amides is 1. The van der Waals surface area contributed by atoms with Crippen LogP contribution in [0.4, 0.5) is 0 Å². The molecule has 0 fully saturated rings. The summed E-state index contributed by atoms with van der Waals surface area (Å²) in [5, 5.41) is 7.83. The first-order valence-corrected chi connectivity index (χ1v) is 9.14. The topological polar surface area (TPSA) is 59.8 Å². The Bertz CT molecular complexity index is 976. The molecule has 0 aliphatic heterocycles. The van der Waals surface area contributed by atoms with E-state index in [0.29, 0.717) is 5.56 Å². The second kappa shape index (κ2) is 7.19. The summed E-state index contributed by atoms with van der Waals surface area (Å²) in [7, 11) is 0. The lowest BCUT2D eigenvalue weighted by Gasteiger charge is -2.15. The summed E-state index contributed by atoms with van der Waals surface area (Å²) >= 11 is 0. The van der Waals surface area contributed by atoms with Crippen LogP contribution in [0.1, 0.15) is 39.6 Å². The van der Waals surface area contributed by atoms with Crippen molar-refractivity contribution in [3.8, 4) is 5.69 Å². The summed E-state index contributed by atoms with van der Waals surface area (Å²) in [5.41, 5.74) is 5.07. The summed E-state index contributed by atoms with van der Waals surface area (Å²) in [4.78, 5) is 16.4. The fourth-order valence-electron chi connectivity index (χ4n) is 3.78. The van der Waals surface area contributed by atoms with E-state index in [1.807, 2.05) is 22.9 Å². The monoisotopic (exact) mass is 358 g/mol. The van der Waals surface area contributed by atoms with Crippen LogP contribution in [0.2, 0.25) is 0 Å². The van der Waals surface area contributed by atoms with Crippen LogP contribution >= 0.6 is 0 Å². The maximum absolute atomic E-state index is 12.4. The maximum Gasteiger partial charge on any atom is 0.253 e. The number of benzene rings is 1. The van der Waals surface area contributed by atoms with Crippen molar-refractivity contribution in [1.82, 2.24) is 20.1 Å². The fraction of sp³-hybridized carbons (Fsp3) is 0.227. The molecule has 2 atom stereocenters. The quantitative estimate of drug-likeness (QED) is 0.723. The molecule has 0 spiro atoms. The molecule has 2 heterocycles. The number of nitrogens with one attached hydrogen (secondary N) is 1. The Morgan fingerprint density at radius 3 is 2.67 bits per heavy atom. The zero-order chi connectivity index (χ0) is 18.8. The van der Waals surface area contributed by atoms with Gasteiger partial charge in [0.05, 0.1) is 16.9 Å². The average Bonchev–Trinajstić information content (AvgIpc) is 3.26. The van der Waals surface area contributed by atoms with Crippen LogP contribution in [0.15, 0.2) is 67.0 Å². The Morgan fingerprint density at radius 2 is 1.93 bits per heavy atom. The zero-order valence-corrected chi connectivity index (χ0v) is 15.5. The average molecular weight is 358 g/mol. The zero-order valence-electron chi connectivity index (χ0n) is 15.5. The molecule has 4 rings (SSSR count). The molecule has 136 valence electrons. The van der Waals surface area contributed by atoms with Crippen molar-refractivity contribution in [2.24, 2.45) is 0 Å². The minimum atomic E-state index is -0.0909. The molecule has 0 bridgehead atoms. The number of carbonyl (C=O) groups excluding carboxylic acids is 1.